The summed E-state index contributed by atoms with van der Waals surface area (Å²) in [5.74, 6) is 1.21. The second-order valence-corrected chi connectivity index (χ2v) is 7.48. The Bertz CT molecular complexity index is 970. The summed E-state index contributed by atoms with van der Waals surface area (Å²) >= 11 is 0. The van der Waals surface area contributed by atoms with Crippen molar-refractivity contribution in [3.63, 3.8) is 0 Å². The van der Waals surface area contributed by atoms with Crippen LogP contribution in [-0.2, 0) is 6.42 Å². The maximum Gasteiger partial charge on any atom is 0.337 e. The zero-order chi connectivity index (χ0) is 20.3. The number of piperazine rings is 1. The van der Waals surface area contributed by atoms with Crippen LogP contribution >= 0.6 is 0 Å². The monoisotopic (exact) mass is 389 g/mol. The highest BCUT2D eigenvalue weighted by Gasteiger charge is 2.19. The topological polar surface area (TPSA) is 104 Å². The number of aromatic nitrogens is 2. The van der Waals surface area contributed by atoms with Gasteiger partial charge in [0, 0.05) is 38.7 Å². The normalized spacial score (nSPS) is 16.2. The van der Waals surface area contributed by atoms with Gasteiger partial charge < -0.3 is 19.1 Å². The SMILES string of the molecule is CCc1cc(=O)oc2nc(ON=C(CC(C)C)N3CCN(C)CC3)[nH]c(=O)c12. The quantitative estimate of drug-likeness (QED) is 0.468. The fourth-order valence-corrected chi connectivity index (χ4v) is 3.20. The van der Waals surface area contributed by atoms with Crippen LogP contribution in [0.15, 0.2) is 25.2 Å². The number of aryl methyl sites for hydroxylation is 1. The number of rotatable bonds is 5. The Balaban J connectivity index is 1.91. The van der Waals surface area contributed by atoms with E-state index in [1.54, 1.807) is 0 Å². The number of oxime groups is 1. The Morgan fingerprint density at radius 2 is 2.04 bits per heavy atom. The number of hydrogen-bond acceptors (Lipinski definition) is 7. The molecule has 1 saturated heterocycles. The van der Waals surface area contributed by atoms with Crippen LogP contribution in [-0.4, -0.2) is 58.8 Å². The predicted molar refractivity (Wildman–Crippen MR) is 107 cm³/mol. The summed E-state index contributed by atoms with van der Waals surface area (Å²) in [7, 11) is 2.09. The van der Waals surface area contributed by atoms with Gasteiger partial charge in [0.25, 0.3) is 5.56 Å². The molecule has 9 nitrogen and oxygen atoms in total. The van der Waals surface area contributed by atoms with E-state index in [2.05, 4.69) is 45.8 Å². The molecule has 28 heavy (non-hydrogen) atoms. The van der Waals surface area contributed by atoms with Crippen molar-refractivity contribution in [3.05, 3.63) is 32.4 Å². The third kappa shape index (κ3) is 4.59. The number of hydrogen-bond donors (Lipinski definition) is 1. The molecular formula is C19H27N5O4. The molecule has 0 saturated carbocycles. The number of H-pyrrole nitrogens is 1. The third-order valence-corrected chi connectivity index (χ3v) is 4.75. The van der Waals surface area contributed by atoms with Gasteiger partial charge in [-0.2, -0.15) is 4.98 Å². The minimum atomic E-state index is -0.546. The minimum Gasteiger partial charge on any atom is -0.403 e. The summed E-state index contributed by atoms with van der Waals surface area (Å²) in [6.45, 7) is 9.71. The number of nitrogens with one attached hydrogen (secondary N) is 1. The maximum absolute atomic E-state index is 12.4. The van der Waals surface area contributed by atoms with Crippen LogP contribution in [0.5, 0.6) is 6.01 Å². The molecule has 152 valence electrons. The van der Waals surface area contributed by atoms with Crippen LogP contribution in [0.3, 0.4) is 0 Å². The van der Waals surface area contributed by atoms with Crippen LogP contribution in [0.4, 0.5) is 0 Å². The van der Waals surface area contributed by atoms with E-state index in [0.29, 0.717) is 17.9 Å². The van der Waals surface area contributed by atoms with Gasteiger partial charge in [-0.15, -0.1) is 0 Å². The lowest BCUT2D eigenvalue weighted by Crippen LogP contribution is -2.47. The molecule has 9 heteroatoms. The summed E-state index contributed by atoms with van der Waals surface area (Å²) in [5.41, 5.74) is -0.410. The molecule has 2 aromatic heterocycles. The lowest BCUT2D eigenvalue weighted by atomic mass is 10.1. The van der Waals surface area contributed by atoms with Gasteiger partial charge in [0.15, 0.2) is 0 Å². The van der Waals surface area contributed by atoms with Crippen molar-refractivity contribution in [2.75, 3.05) is 33.2 Å². The zero-order valence-corrected chi connectivity index (χ0v) is 16.8. The second-order valence-electron chi connectivity index (χ2n) is 7.48. The molecule has 1 aliphatic heterocycles. The van der Waals surface area contributed by atoms with E-state index in [-0.39, 0.29) is 17.1 Å². The smallest absolute Gasteiger partial charge is 0.337 e. The Hall–Kier alpha value is -2.68. The number of aromatic amines is 1. The average molecular weight is 389 g/mol. The molecule has 2 aromatic rings. The molecular weight excluding hydrogens is 362 g/mol. The largest absolute Gasteiger partial charge is 0.403 e. The highest BCUT2D eigenvalue weighted by Crippen LogP contribution is 2.14. The maximum atomic E-state index is 12.4. The molecule has 0 amide bonds. The summed E-state index contributed by atoms with van der Waals surface area (Å²) in [5, 5.41) is 4.53. The molecule has 0 aromatic carbocycles. The first-order valence-corrected chi connectivity index (χ1v) is 9.61. The second kappa shape index (κ2) is 8.55. The van der Waals surface area contributed by atoms with Crippen molar-refractivity contribution in [2.24, 2.45) is 11.1 Å². The molecule has 1 aliphatic rings. The van der Waals surface area contributed by atoms with E-state index in [1.165, 1.54) is 6.07 Å². The Morgan fingerprint density at radius 3 is 2.68 bits per heavy atom. The molecule has 0 atom stereocenters. The molecule has 1 N–H and O–H groups in total. The molecule has 0 aliphatic carbocycles. The third-order valence-electron chi connectivity index (χ3n) is 4.75. The summed E-state index contributed by atoms with van der Waals surface area (Å²) in [6, 6.07) is 1.22. The number of nitrogens with zero attached hydrogens (tertiary/aromatic N) is 4. The lowest BCUT2D eigenvalue weighted by molar-refractivity contribution is 0.204. The Kier molecular flexibility index (Phi) is 6.13. The van der Waals surface area contributed by atoms with Crippen LogP contribution in [0, 0.1) is 5.92 Å². The van der Waals surface area contributed by atoms with E-state index in [9.17, 15) is 9.59 Å². The zero-order valence-electron chi connectivity index (χ0n) is 16.8. The van der Waals surface area contributed by atoms with E-state index < -0.39 is 11.2 Å². The van der Waals surface area contributed by atoms with Crippen molar-refractivity contribution < 1.29 is 9.25 Å². The molecule has 0 spiro atoms. The van der Waals surface area contributed by atoms with Crippen molar-refractivity contribution in [2.45, 2.75) is 33.6 Å². The van der Waals surface area contributed by atoms with Gasteiger partial charge >= 0.3 is 11.6 Å². The van der Waals surface area contributed by atoms with Crippen molar-refractivity contribution in [1.82, 2.24) is 19.8 Å². The molecule has 0 radical (unpaired) electrons. The molecule has 3 heterocycles. The van der Waals surface area contributed by atoms with Gasteiger partial charge in [0.2, 0.25) is 5.71 Å². The molecule has 0 bridgehead atoms. The first kappa shape index (κ1) is 20.1. The van der Waals surface area contributed by atoms with Crippen LogP contribution in [0.25, 0.3) is 11.1 Å². The first-order valence-electron chi connectivity index (χ1n) is 9.61. The Labute approximate surface area is 163 Å². The van der Waals surface area contributed by atoms with E-state index in [4.69, 9.17) is 9.25 Å². The molecule has 1 fully saturated rings. The van der Waals surface area contributed by atoms with Crippen molar-refractivity contribution >= 4 is 16.9 Å². The van der Waals surface area contributed by atoms with Gasteiger partial charge in [-0.25, -0.2) is 4.79 Å². The van der Waals surface area contributed by atoms with E-state index in [1.807, 2.05) is 6.92 Å². The van der Waals surface area contributed by atoms with Gasteiger partial charge in [0.05, 0.1) is 0 Å². The van der Waals surface area contributed by atoms with Crippen molar-refractivity contribution in [1.29, 1.82) is 0 Å². The summed E-state index contributed by atoms with van der Waals surface area (Å²) < 4.78 is 5.09. The summed E-state index contributed by atoms with van der Waals surface area (Å²) in [4.78, 5) is 40.8. The predicted octanol–water partition coefficient (Wildman–Crippen LogP) is 1.42. The fraction of sp³-hybridized carbons (Fsp3) is 0.579. The fourth-order valence-electron chi connectivity index (χ4n) is 3.20. The molecule has 0 unspecified atom stereocenters. The first-order chi connectivity index (χ1) is 13.4. The van der Waals surface area contributed by atoms with Crippen LogP contribution < -0.4 is 16.0 Å². The number of likely N-dealkylation sites (N-methyl/N-ethyl adjacent to an activating group) is 1. The highest BCUT2D eigenvalue weighted by atomic mass is 16.6. The van der Waals surface area contributed by atoms with E-state index >= 15 is 0 Å². The lowest BCUT2D eigenvalue weighted by Gasteiger charge is -2.34. The van der Waals surface area contributed by atoms with Crippen LogP contribution in [0.2, 0.25) is 0 Å². The standard InChI is InChI=1S/C19H27N5O4/c1-5-13-11-15(25)27-18-16(13)17(26)20-19(21-18)28-22-14(10-12(2)3)24-8-6-23(4)7-9-24/h11-12H,5-10H2,1-4H3,(H,20,21,26). The van der Waals surface area contributed by atoms with Gasteiger partial charge in [-0.1, -0.05) is 25.9 Å². The van der Waals surface area contributed by atoms with Gasteiger partial charge in [-0.05, 0) is 24.9 Å². The van der Waals surface area contributed by atoms with Crippen LogP contribution in [0.1, 0.15) is 32.8 Å². The molecule has 3 rings (SSSR count). The minimum absolute atomic E-state index is 0.0386. The van der Waals surface area contributed by atoms with E-state index in [0.717, 1.165) is 38.4 Å². The van der Waals surface area contributed by atoms with Gasteiger partial charge in [0.1, 0.15) is 11.2 Å². The number of fused-ring (bicyclic) bond motifs is 1. The summed E-state index contributed by atoms with van der Waals surface area (Å²) in [6.07, 6.45) is 1.27. The Morgan fingerprint density at radius 1 is 1.32 bits per heavy atom. The number of amidine groups is 1. The highest BCUT2D eigenvalue weighted by molar-refractivity contribution is 5.82. The van der Waals surface area contributed by atoms with Crippen molar-refractivity contribution in [3.8, 4) is 6.01 Å². The van der Waals surface area contributed by atoms with Gasteiger partial charge in [-0.3, -0.25) is 9.78 Å². The average Bonchev–Trinajstić information content (AvgIpc) is 2.64.